The van der Waals surface area contributed by atoms with Crippen molar-refractivity contribution in [2.24, 2.45) is 0 Å². The molecule has 2 aromatic heterocycles. The van der Waals surface area contributed by atoms with Crippen molar-refractivity contribution >= 4 is 23.6 Å². The van der Waals surface area contributed by atoms with E-state index in [1.807, 2.05) is 61.5 Å². The third-order valence-corrected chi connectivity index (χ3v) is 5.92. The summed E-state index contributed by atoms with van der Waals surface area (Å²) in [6.45, 7) is 3.66. The number of tetrazole rings is 1. The molecule has 9 nitrogen and oxygen atoms in total. The third-order valence-electron chi connectivity index (χ3n) is 5.92. The molecule has 1 aliphatic rings. The number of aromatic nitrogens is 4. The SMILES string of the molecule is Cc1ccc(C(=O)N2CCN(C(=O)/C(=C/c3ccco3)n3nnnc3-c3ccccc3)CC2)cc1. The fraction of sp³-hybridized carbons (Fsp3) is 0.192. The molecule has 3 heterocycles. The Morgan fingerprint density at radius 1 is 0.886 bits per heavy atom. The van der Waals surface area contributed by atoms with E-state index in [2.05, 4.69) is 15.5 Å². The highest BCUT2D eigenvalue weighted by Gasteiger charge is 2.29. The lowest BCUT2D eigenvalue weighted by atomic mass is 10.1. The van der Waals surface area contributed by atoms with Gasteiger partial charge in [0.15, 0.2) is 5.82 Å². The zero-order valence-electron chi connectivity index (χ0n) is 19.2. The predicted molar refractivity (Wildman–Crippen MR) is 130 cm³/mol. The lowest BCUT2D eigenvalue weighted by Crippen LogP contribution is -2.51. The average molecular weight is 469 g/mol. The molecule has 35 heavy (non-hydrogen) atoms. The summed E-state index contributed by atoms with van der Waals surface area (Å²) >= 11 is 0. The van der Waals surface area contributed by atoms with E-state index in [1.54, 1.807) is 34.3 Å². The van der Waals surface area contributed by atoms with Gasteiger partial charge in [0.05, 0.1) is 6.26 Å². The van der Waals surface area contributed by atoms with Crippen molar-refractivity contribution in [3.63, 3.8) is 0 Å². The van der Waals surface area contributed by atoms with Crippen LogP contribution >= 0.6 is 0 Å². The standard InChI is InChI=1S/C26H24N6O3/c1-19-9-11-21(12-10-19)25(33)30-13-15-31(16-14-30)26(34)23(18-22-8-5-17-35-22)32-24(27-28-29-32)20-6-3-2-4-7-20/h2-12,17-18H,13-16H2,1H3/b23-18-. The van der Waals surface area contributed by atoms with E-state index >= 15 is 0 Å². The van der Waals surface area contributed by atoms with Gasteiger partial charge in [-0.15, -0.1) is 5.10 Å². The van der Waals surface area contributed by atoms with Gasteiger partial charge in [0, 0.05) is 43.4 Å². The summed E-state index contributed by atoms with van der Waals surface area (Å²) in [7, 11) is 0. The molecule has 1 aliphatic heterocycles. The van der Waals surface area contributed by atoms with Crippen LogP contribution in [-0.2, 0) is 4.79 Å². The van der Waals surface area contributed by atoms with Crippen LogP contribution in [0.5, 0.6) is 0 Å². The second-order valence-corrected chi connectivity index (χ2v) is 8.28. The van der Waals surface area contributed by atoms with Crippen LogP contribution in [0.2, 0.25) is 0 Å². The Morgan fingerprint density at radius 2 is 1.60 bits per heavy atom. The summed E-state index contributed by atoms with van der Waals surface area (Å²) in [5.74, 6) is 0.685. The molecule has 1 saturated heterocycles. The number of amides is 2. The summed E-state index contributed by atoms with van der Waals surface area (Å²) in [5, 5.41) is 12.1. The van der Waals surface area contributed by atoms with E-state index in [-0.39, 0.29) is 17.5 Å². The molecule has 9 heteroatoms. The van der Waals surface area contributed by atoms with E-state index in [4.69, 9.17) is 4.42 Å². The van der Waals surface area contributed by atoms with Gasteiger partial charge >= 0.3 is 0 Å². The average Bonchev–Trinajstić information content (AvgIpc) is 3.60. The number of nitrogens with zero attached hydrogens (tertiary/aromatic N) is 6. The minimum atomic E-state index is -0.242. The molecule has 176 valence electrons. The van der Waals surface area contributed by atoms with Gasteiger partial charge in [0.2, 0.25) is 0 Å². The molecule has 4 aromatic rings. The zero-order valence-corrected chi connectivity index (χ0v) is 19.2. The lowest BCUT2D eigenvalue weighted by Gasteiger charge is -2.35. The Bertz CT molecular complexity index is 1340. The predicted octanol–water partition coefficient (Wildman–Crippen LogP) is 3.22. The number of hydrogen-bond acceptors (Lipinski definition) is 6. The number of piperazine rings is 1. The molecule has 0 radical (unpaired) electrons. The van der Waals surface area contributed by atoms with Crippen LogP contribution in [0, 0.1) is 6.92 Å². The maximum Gasteiger partial charge on any atom is 0.272 e. The first-order valence-electron chi connectivity index (χ1n) is 11.3. The summed E-state index contributed by atoms with van der Waals surface area (Å²) in [5.41, 5.74) is 2.80. The lowest BCUT2D eigenvalue weighted by molar-refractivity contribution is -0.126. The smallest absolute Gasteiger partial charge is 0.272 e. The highest BCUT2D eigenvalue weighted by molar-refractivity contribution is 6.18. The quantitative estimate of drug-likeness (QED) is 0.417. The van der Waals surface area contributed by atoms with E-state index in [0.717, 1.165) is 11.1 Å². The highest BCUT2D eigenvalue weighted by atomic mass is 16.3. The maximum atomic E-state index is 13.7. The van der Waals surface area contributed by atoms with Crippen LogP contribution in [0.3, 0.4) is 0 Å². The Hall–Kier alpha value is -4.53. The molecule has 0 bridgehead atoms. The Morgan fingerprint density at radius 3 is 2.29 bits per heavy atom. The summed E-state index contributed by atoms with van der Waals surface area (Å²) in [6.07, 6.45) is 3.18. The minimum absolute atomic E-state index is 0.0321. The second-order valence-electron chi connectivity index (χ2n) is 8.28. The van der Waals surface area contributed by atoms with E-state index in [0.29, 0.717) is 43.3 Å². The monoisotopic (exact) mass is 468 g/mol. The molecule has 2 aromatic carbocycles. The number of furan rings is 1. The topological polar surface area (TPSA) is 97.4 Å². The molecule has 0 N–H and O–H groups in total. The molecule has 0 unspecified atom stereocenters. The summed E-state index contributed by atoms with van der Waals surface area (Å²) in [6, 6.07) is 20.5. The highest BCUT2D eigenvalue weighted by Crippen LogP contribution is 2.23. The van der Waals surface area contributed by atoms with Crippen LogP contribution < -0.4 is 0 Å². The normalized spacial score (nSPS) is 14.3. The number of carbonyl (C=O) groups is 2. The Balaban J connectivity index is 1.38. The first-order chi connectivity index (χ1) is 17.1. The molecular formula is C26H24N6O3. The van der Waals surface area contributed by atoms with Crippen molar-refractivity contribution in [3.8, 4) is 11.4 Å². The van der Waals surface area contributed by atoms with Crippen molar-refractivity contribution < 1.29 is 14.0 Å². The van der Waals surface area contributed by atoms with Gasteiger partial charge < -0.3 is 14.2 Å². The van der Waals surface area contributed by atoms with Gasteiger partial charge in [-0.3, -0.25) is 9.59 Å². The van der Waals surface area contributed by atoms with Gasteiger partial charge in [-0.25, -0.2) is 0 Å². The van der Waals surface area contributed by atoms with E-state index in [1.165, 1.54) is 4.68 Å². The largest absolute Gasteiger partial charge is 0.465 e. The molecule has 0 saturated carbocycles. The van der Waals surface area contributed by atoms with Gasteiger partial charge in [-0.05, 0) is 41.6 Å². The molecule has 0 aliphatic carbocycles. The summed E-state index contributed by atoms with van der Waals surface area (Å²) < 4.78 is 6.90. The molecular weight excluding hydrogens is 444 g/mol. The van der Waals surface area contributed by atoms with Crippen LogP contribution in [0.4, 0.5) is 0 Å². The van der Waals surface area contributed by atoms with E-state index in [9.17, 15) is 9.59 Å². The molecule has 1 fully saturated rings. The van der Waals surface area contributed by atoms with Gasteiger partial charge in [-0.2, -0.15) is 4.68 Å². The van der Waals surface area contributed by atoms with Crippen LogP contribution in [0.25, 0.3) is 23.2 Å². The molecule has 0 atom stereocenters. The first kappa shape index (κ1) is 22.3. The van der Waals surface area contributed by atoms with Crippen LogP contribution in [-0.4, -0.2) is 68.0 Å². The van der Waals surface area contributed by atoms with Crippen LogP contribution in [0.15, 0.2) is 77.4 Å². The number of rotatable bonds is 5. The number of hydrogen-bond donors (Lipinski definition) is 0. The third kappa shape index (κ3) is 4.74. The Labute approximate surface area is 202 Å². The fourth-order valence-electron chi connectivity index (χ4n) is 3.99. The van der Waals surface area contributed by atoms with Crippen molar-refractivity contribution in [3.05, 3.63) is 89.9 Å². The Kier molecular flexibility index (Phi) is 6.21. The zero-order chi connectivity index (χ0) is 24.2. The fourth-order valence-corrected chi connectivity index (χ4v) is 3.99. The van der Waals surface area contributed by atoms with Gasteiger partial charge in [0.1, 0.15) is 11.5 Å². The van der Waals surface area contributed by atoms with Crippen molar-refractivity contribution in [1.82, 2.24) is 30.0 Å². The first-order valence-corrected chi connectivity index (χ1v) is 11.3. The van der Waals surface area contributed by atoms with Gasteiger partial charge in [0.25, 0.3) is 11.8 Å². The molecule has 0 spiro atoms. The number of aryl methyl sites for hydroxylation is 1. The van der Waals surface area contributed by atoms with Crippen LogP contribution in [0.1, 0.15) is 21.7 Å². The van der Waals surface area contributed by atoms with Crippen molar-refractivity contribution in [2.75, 3.05) is 26.2 Å². The van der Waals surface area contributed by atoms with Crippen molar-refractivity contribution in [2.45, 2.75) is 6.92 Å². The second kappa shape index (κ2) is 9.76. The van der Waals surface area contributed by atoms with Crippen molar-refractivity contribution in [1.29, 1.82) is 0 Å². The molecule has 2 amide bonds. The minimum Gasteiger partial charge on any atom is -0.465 e. The summed E-state index contributed by atoms with van der Waals surface area (Å²) in [4.78, 5) is 30.1. The van der Waals surface area contributed by atoms with E-state index < -0.39 is 0 Å². The molecule has 5 rings (SSSR count). The van der Waals surface area contributed by atoms with Gasteiger partial charge in [-0.1, -0.05) is 48.0 Å². The maximum absolute atomic E-state index is 13.7. The number of benzene rings is 2. The number of carbonyl (C=O) groups excluding carboxylic acids is 2.